The fourth-order valence-corrected chi connectivity index (χ4v) is 1.87. The van der Waals surface area contributed by atoms with Gasteiger partial charge < -0.3 is 11.1 Å². The normalized spacial score (nSPS) is 23.7. The maximum atomic E-state index is 11.9. The van der Waals surface area contributed by atoms with Gasteiger partial charge in [0.25, 0.3) is 0 Å². The van der Waals surface area contributed by atoms with Crippen molar-refractivity contribution in [3.05, 3.63) is 23.5 Å². The van der Waals surface area contributed by atoms with Gasteiger partial charge in [0.05, 0.1) is 23.0 Å². The number of H-pyrrole nitrogens is 1. The zero-order chi connectivity index (χ0) is 11.7. The summed E-state index contributed by atoms with van der Waals surface area (Å²) < 4.78 is 0. The molecule has 5 heteroatoms. The number of amides is 1. The Morgan fingerprint density at radius 1 is 1.56 bits per heavy atom. The van der Waals surface area contributed by atoms with Gasteiger partial charge in [0.2, 0.25) is 5.91 Å². The minimum atomic E-state index is -0.122. The van der Waals surface area contributed by atoms with Crippen LogP contribution in [-0.4, -0.2) is 22.1 Å². The highest BCUT2D eigenvalue weighted by molar-refractivity contribution is 5.95. The number of aromatic amines is 1. The minimum absolute atomic E-state index is 0.00212. The Bertz CT molecular complexity index is 416. The van der Waals surface area contributed by atoms with Gasteiger partial charge in [-0.25, -0.2) is 0 Å². The van der Waals surface area contributed by atoms with E-state index in [9.17, 15) is 4.79 Å². The fourth-order valence-electron chi connectivity index (χ4n) is 1.87. The van der Waals surface area contributed by atoms with E-state index in [1.165, 1.54) is 0 Å². The van der Waals surface area contributed by atoms with Crippen LogP contribution in [0.3, 0.4) is 0 Å². The van der Waals surface area contributed by atoms with E-state index >= 15 is 0 Å². The van der Waals surface area contributed by atoms with E-state index < -0.39 is 0 Å². The minimum Gasteiger partial charge on any atom is -0.324 e. The van der Waals surface area contributed by atoms with Gasteiger partial charge in [0.1, 0.15) is 0 Å². The van der Waals surface area contributed by atoms with Crippen molar-refractivity contribution in [2.75, 3.05) is 5.32 Å². The van der Waals surface area contributed by atoms with Crippen molar-refractivity contribution < 1.29 is 4.79 Å². The Morgan fingerprint density at radius 3 is 2.81 bits per heavy atom. The third-order valence-corrected chi connectivity index (χ3v) is 2.83. The van der Waals surface area contributed by atoms with E-state index in [0.717, 1.165) is 17.1 Å². The number of carbonyl (C=O) groups is 1. The topological polar surface area (TPSA) is 83.8 Å². The largest absolute Gasteiger partial charge is 0.324 e. The van der Waals surface area contributed by atoms with Crippen LogP contribution >= 0.6 is 0 Å². The van der Waals surface area contributed by atoms with Gasteiger partial charge in [-0.3, -0.25) is 9.89 Å². The molecule has 1 aliphatic rings. The van der Waals surface area contributed by atoms with E-state index in [1.54, 1.807) is 0 Å². The zero-order valence-electron chi connectivity index (χ0n) is 9.45. The van der Waals surface area contributed by atoms with Crippen LogP contribution in [0, 0.1) is 19.8 Å². The smallest absolute Gasteiger partial charge is 0.231 e. The molecule has 86 valence electrons. The molecule has 1 aliphatic carbocycles. The summed E-state index contributed by atoms with van der Waals surface area (Å²) in [5.74, 6) is -0.138. The molecule has 0 radical (unpaired) electrons. The molecule has 0 bridgehead atoms. The summed E-state index contributed by atoms with van der Waals surface area (Å²) in [5.41, 5.74) is 8.16. The molecule has 1 aromatic rings. The van der Waals surface area contributed by atoms with Crippen molar-refractivity contribution in [2.24, 2.45) is 11.7 Å². The Balaban J connectivity index is 2.06. The summed E-state index contributed by atoms with van der Waals surface area (Å²) in [6.45, 7) is 3.74. The summed E-state index contributed by atoms with van der Waals surface area (Å²) in [7, 11) is 0. The highest BCUT2D eigenvalue weighted by atomic mass is 16.1. The lowest BCUT2D eigenvalue weighted by Crippen LogP contribution is -2.24. The van der Waals surface area contributed by atoms with E-state index in [1.807, 2.05) is 26.0 Å². The maximum absolute atomic E-state index is 11.9. The Morgan fingerprint density at radius 2 is 2.31 bits per heavy atom. The first-order chi connectivity index (χ1) is 7.58. The van der Waals surface area contributed by atoms with E-state index in [0.29, 0.717) is 6.42 Å². The summed E-state index contributed by atoms with van der Waals surface area (Å²) in [5, 5.41) is 9.74. The molecule has 1 heterocycles. The molecule has 0 fully saturated rings. The fraction of sp³-hybridized carbons (Fsp3) is 0.455. The van der Waals surface area contributed by atoms with Gasteiger partial charge in [0, 0.05) is 6.04 Å². The van der Waals surface area contributed by atoms with Crippen LogP contribution in [0.15, 0.2) is 12.2 Å². The predicted molar refractivity (Wildman–Crippen MR) is 61.9 cm³/mol. The average Bonchev–Trinajstić information content (AvgIpc) is 2.79. The van der Waals surface area contributed by atoms with Crippen LogP contribution in [-0.2, 0) is 4.79 Å². The molecule has 2 atom stereocenters. The van der Waals surface area contributed by atoms with Gasteiger partial charge in [-0.05, 0) is 20.3 Å². The molecule has 5 nitrogen and oxygen atoms in total. The number of hydrogen-bond acceptors (Lipinski definition) is 3. The Kier molecular flexibility index (Phi) is 2.78. The summed E-state index contributed by atoms with van der Waals surface area (Å²) >= 11 is 0. The molecule has 2 unspecified atom stereocenters. The Hall–Kier alpha value is -1.62. The quantitative estimate of drug-likeness (QED) is 0.646. The summed E-state index contributed by atoms with van der Waals surface area (Å²) in [6, 6.07) is 0.00212. The predicted octanol–water partition coefficient (Wildman–Crippen LogP) is 0.868. The van der Waals surface area contributed by atoms with Crippen molar-refractivity contribution >= 4 is 11.6 Å². The van der Waals surface area contributed by atoms with Crippen molar-refractivity contribution in [2.45, 2.75) is 26.3 Å². The second-order valence-electron chi connectivity index (χ2n) is 4.19. The first-order valence-corrected chi connectivity index (χ1v) is 5.34. The SMILES string of the molecule is Cc1n[nH]c(C)c1NC(=O)C1C=CC(N)C1. The lowest BCUT2D eigenvalue weighted by molar-refractivity contribution is -0.118. The molecule has 0 spiro atoms. The molecule has 2 rings (SSSR count). The molecule has 0 aromatic carbocycles. The number of nitrogens with zero attached hydrogens (tertiary/aromatic N) is 1. The van der Waals surface area contributed by atoms with Gasteiger partial charge in [-0.2, -0.15) is 5.10 Å². The van der Waals surface area contributed by atoms with Crippen molar-refractivity contribution in [3.63, 3.8) is 0 Å². The number of carbonyl (C=O) groups excluding carboxylic acids is 1. The van der Waals surface area contributed by atoms with Crippen LogP contribution in [0.1, 0.15) is 17.8 Å². The van der Waals surface area contributed by atoms with E-state index in [-0.39, 0.29) is 17.9 Å². The van der Waals surface area contributed by atoms with Gasteiger partial charge >= 0.3 is 0 Å². The number of aryl methyl sites for hydroxylation is 2. The number of rotatable bonds is 2. The molecule has 4 N–H and O–H groups in total. The van der Waals surface area contributed by atoms with Gasteiger partial charge in [0.15, 0.2) is 0 Å². The molecule has 1 amide bonds. The lowest BCUT2D eigenvalue weighted by Gasteiger charge is -2.10. The first kappa shape index (κ1) is 10.9. The van der Waals surface area contributed by atoms with Gasteiger partial charge in [-0.1, -0.05) is 12.2 Å². The lowest BCUT2D eigenvalue weighted by atomic mass is 10.1. The molecule has 16 heavy (non-hydrogen) atoms. The van der Waals surface area contributed by atoms with Crippen LogP contribution in [0.2, 0.25) is 0 Å². The van der Waals surface area contributed by atoms with Crippen molar-refractivity contribution in [3.8, 4) is 0 Å². The number of anilines is 1. The molecule has 0 saturated carbocycles. The first-order valence-electron chi connectivity index (χ1n) is 5.34. The Labute approximate surface area is 94.1 Å². The van der Waals surface area contributed by atoms with Gasteiger partial charge in [-0.15, -0.1) is 0 Å². The second kappa shape index (κ2) is 4.09. The molecule has 1 aromatic heterocycles. The standard InChI is InChI=1S/C11H16N4O/c1-6-10(7(2)15-14-6)13-11(16)8-3-4-9(12)5-8/h3-4,8-9H,5,12H2,1-2H3,(H,13,16)(H,14,15). The number of nitrogens with two attached hydrogens (primary N) is 1. The highest BCUT2D eigenvalue weighted by Crippen LogP contribution is 2.21. The monoisotopic (exact) mass is 220 g/mol. The zero-order valence-corrected chi connectivity index (χ0v) is 9.45. The van der Waals surface area contributed by atoms with E-state index in [2.05, 4.69) is 15.5 Å². The van der Waals surface area contributed by atoms with Crippen LogP contribution in [0.5, 0.6) is 0 Å². The third-order valence-electron chi connectivity index (χ3n) is 2.83. The summed E-state index contributed by atoms with van der Waals surface area (Å²) in [6.07, 6.45) is 4.42. The molecule has 0 aliphatic heterocycles. The van der Waals surface area contributed by atoms with Crippen LogP contribution < -0.4 is 11.1 Å². The third kappa shape index (κ3) is 1.99. The average molecular weight is 220 g/mol. The highest BCUT2D eigenvalue weighted by Gasteiger charge is 2.23. The number of aromatic nitrogens is 2. The second-order valence-corrected chi connectivity index (χ2v) is 4.19. The van der Waals surface area contributed by atoms with Crippen LogP contribution in [0.25, 0.3) is 0 Å². The van der Waals surface area contributed by atoms with Crippen LogP contribution in [0.4, 0.5) is 5.69 Å². The van der Waals surface area contributed by atoms with E-state index in [4.69, 9.17) is 5.73 Å². The van der Waals surface area contributed by atoms with Crippen molar-refractivity contribution in [1.29, 1.82) is 0 Å². The molecular weight excluding hydrogens is 204 g/mol. The number of nitrogens with one attached hydrogen (secondary N) is 2. The molecule has 0 saturated heterocycles. The molecular formula is C11H16N4O. The maximum Gasteiger partial charge on any atom is 0.231 e. The van der Waals surface area contributed by atoms with Crippen molar-refractivity contribution in [1.82, 2.24) is 10.2 Å². The number of hydrogen-bond donors (Lipinski definition) is 3. The summed E-state index contributed by atoms with van der Waals surface area (Å²) in [4.78, 5) is 11.9.